The van der Waals surface area contributed by atoms with Crippen LogP contribution in [0, 0.1) is 27.1 Å². The van der Waals surface area contributed by atoms with Crippen molar-refractivity contribution in [3.63, 3.8) is 0 Å². The van der Waals surface area contributed by atoms with Crippen molar-refractivity contribution in [3.8, 4) is 55.9 Å². The fraction of sp³-hybridized carbons (Fsp3) is 0.243. The van der Waals surface area contributed by atoms with Gasteiger partial charge in [-0.3, -0.25) is 0 Å². The molecule has 0 radical (unpaired) electrons. The molecule has 0 saturated carbocycles. The van der Waals surface area contributed by atoms with Gasteiger partial charge < -0.3 is 18.9 Å². The average molecular weight is 1420 g/mol. The van der Waals surface area contributed by atoms with E-state index in [1.54, 1.807) is 0 Å². The lowest BCUT2D eigenvalue weighted by Crippen LogP contribution is -2.61. The summed E-state index contributed by atoms with van der Waals surface area (Å²) in [4.78, 5) is 4.85. The Kier molecular flexibility index (Phi) is 14.5. The van der Waals surface area contributed by atoms with Gasteiger partial charge in [0.2, 0.25) is 0 Å². The van der Waals surface area contributed by atoms with Crippen molar-refractivity contribution in [1.29, 1.82) is 0 Å². The molecule has 2 aliphatic heterocycles. The minimum absolute atomic E-state index is 0.0995. The van der Waals surface area contributed by atoms with Crippen LogP contribution < -0.4 is 26.2 Å². The Hall–Kier alpha value is -10.9. The molecule has 4 heterocycles. The number of para-hydroxylation sites is 2. The Labute approximate surface area is 655 Å². The Balaban J connectivity index is 1.09. The highest BCUT2D eigenvalue weighted by Crippen LogP contribution is 2.55. The Bertz CT molecular complexity index is 6090. The van der Waals surface area contributed by atoms with Crippen molar-refractivity contribution < 1.29 is 13.7 Å². The molecular formula is C103H101BN4. The second-order valence-corrected chi connectivity index (χ2v) is 36.2. The number of benzene rings is 13. The molecule has 536 valence electrons. The first-order valence-electron chi connectivity index (χ1n) is 43.4. The van der Waals surface area contributed by atoms with Gasteiger partial charge in [0.1, 0.15) is 0 Å². The summed E-state index contributed by atoms with van der Waals surface area (Å²) in [5.74, 6) is 0. The third-order valence-electron chi connectivity index (χ3n) is 21.1. The third-order valence-corrected chi connectivity index (χ3v) is 21.1. The molecule has 4 nitrogen and oxygen atoms in total. The summed E-state index contributed by atoms with van der Waals surface area (Å²) >= 11 is 0. The van der Waals surface area contributed by atoms with E-state index >= 15 is 0 Å². The van der Waals surface area contributed by atoms with Gasteiger partial charge >= 0.3 is 0 Å². The first-order valence-corrected chi connectivity index (χ1v) is 38.4. The lowest BCUT2D eigenvalue weighted by Gasteiger charge is -2.46. The molecule has 0 unspecified atom stereocenters. The largest absolute Gasteiger partial charge is 0.310 e. The molecular weight excluding hydrogens is 1300 g/mol. The number of anilines is 6. The van der Waals surface area contributed by atoms with Crippen LogP contribution in [0.15, 0.2) is 279 Å². The van der Waals surface area contributed by atoms with Gasteiger partial charge in [0, 0.05) is 80.7 Å². The zero-order chi connectivity index (χ0) is 83.7. The van der Waals surface area contributed by atoms with Crippen LogP contribution in [0.2, 0.25) is 0 Å². The number of aromatic nitrogens is 2. The zero-order valence-corrected chi connectivity index (χ0v) is 65.1. The highest BCUT2D eigenvalue weighted by Gasteiger charge is 2.46. The van der Waals surface area contributed by atoms with E-state index in [4.69, 9.17) is 0 Å². The molecule has 13 aromatic carbocycles. The lowest BCUT2D eigenvalue weighted by molar-refractivity contribution is 0.411. The molecule has 0 saturated heterocycles. The molecule has 2 aliphatic rings. The van der Waals surface area contributed by atoms with Crippen molar-refractivity contribution in [1.82, 2.24) is 9.13 Å². The molecule has 0 amide bonds. The average Bonchev–Trinajstić information content (AvgIpc) is 0.731. The van der Waals surface area contributed by atoms with Gasteiger partial charge in [-0.05, 0) is 223 Å². The molecule has 17 rings (SSSR count). The van der Waals surface area contributed by atoms with E-state index in [2.05, 4.69) is 323 Å². The van der Waals surface area contributed by atoms with Crippen LogP contribution >= 0.6 is 0 Å². The molecule has 2 aromatic heterocycles. The minimum Gasteiger partial charge on any atom is -0.310 e. The van der Waals surface area contributed by atoms with E-state index in [0.717, 1.165) is 154 Å². The summed E-state index contributed by atoms with van der Waals surface area (Å²) in [6.07, 6.45) is 0.898. The van der Waals surface area contributed by atoms with E-state index in [0.29, 0.717) is 49.5 Å². The SMILES string of the molecule is [2H]c1c([2H])c([2H])c2c(c1[2H])c1cc(CC(C)(C)C)ccc1n2-c1ccc2c(c1)N(c1c(-c3ccccc3)cc(CC(C)(C)C)cc1-c1ccccc1)c1cc(C([2H])([2H])C(C)(C)C)cc3c1B2c1ccc(-n2c4ccc(CC(C)(C)C)cc4c4c([2H])c([2H])c([2H])c([2H])c42)cc1N3c1c(-c2ccccc2)cc(CC(C)(C)C)cc1-c1ccccc1. The van der Waals surface area contributed by atoms with Gasteiger partial charge in [0.15, 0.2) is 0 Å². The fourth-order valence-corrected chi connectivity index (χ4v) is 17.4. The number of hydrogen-bond acceptors (Lipinski definition) is 2. The predicted octanol–water partition coefficient (Wildman–Crippen LogP) is 26.6. The summed E-state index contributed by atoms with van der Waals surface area (Å²) in [6, 6.07) is 80.1. The van der Waals surface area contributed by atoms with E-state index in [9.17, 15) is 13.7 Å². The summed E-state index contributed by atoms with van der Waals surface area (Å²) < 4.78 is 103. The molecule has 0 bridgehead atoms. The predicted molar refractivity (Wildman–Crippen MR) is 467 cm³/mol. The molecule has 15 aromatic rings. The number of nitrogens with zero attached hydrogens (tertiary/aromatic N) is 4. The monoisotopic (exact) mass is 1410 g/mol. The van der Waals surface area contributed by atoms with Crippen LogP contribution in [-0.4, -0.2) is 15.8 Å². The standard InChI is InChI=1S/C103H101BN4/c1-99(2,3)62-67-44-50-90-84(52-67)78-40-28-30-42-88(78)105(90)76-46-48-86-92(60-76)107(97-80(72-32-20-16-21-33-72)54-69(64-101(7,8)9)55-81(97)73-34-22-17-23-35-73)94-58-71(66-103(13,14)15)59-95-96(94)104(86)87-49-47-77(106-89-43-31-29-41-79(89)85-53-68(45-51-91(85)106)63-100(4,5)6)61-93(87)108(95)98-82(74-36-24-18-25-37-74)56-70(65-102(10,11)12)57-83(98)75-38-26-19-27-39-75/h16-61H,62-66H2,1-15H3/i28D,29D,30D,31D,40D,41D,42D,43D,66D2. The third kappa shape index (κ3) is 13.3. The summed E-state index contributed by atoms with van der Waals surface area (Å²) in [7, 11) is 0. The van der Waals surface area contributed by atoms with Crippen molar-refractivity contribution in [2.45, 2.75) is 136 Å². The highest BCUT2D eigenvalue weighted by molar-refractivity contribution is 7.00. The van der Waals surface area contributed by atoms with Crippen molar-refractivity contribution in [2.75, 3.05) is 9.80 Å². The smallest absolute Gasteiger partial charge is 0.252 e. The molecule has 5 heteroatoms. The number of hydrogen-bond donors (Lipinski definition) is 0. The number of rotatable bonds is 13. The van der Waals surface area contributed by atoms with Crippen LogP contribution in [0.25, 0.3) is 99.5 Å². The first-order chi connectivity index (χ1) is 55.7. The van der Waals surface area contributed by atoms with Crippen molar-refractivity contribution >= 4 is 101 Å². The van der Waals surface area contributed by atoms with Crippen molar-refractivity contribution in [2.24, 2.45) is 27.1 Å². The van der Waals surface area contributed by atoms with Crippen LogP contribution in [0.1, 0.15) is 145 Å². The zero-order valence-electron chi connectivity index (χ0n) is 75.1. The second-order valence-electron chi connectivity index (χ2n) is 36.2. The van der Waals surface area contributed by atoms with E-state index in [1.165, 1.54) is 0 Å². The molecule has 108 heavy (non-hydrogen) atoms. The number of fused-ring (bicyclic) bond motifs is 10. The van der Waals surface area contributed by atoms with Gasteiger partial charge in [-0.1, -0.05) is 286 Å². The van der Waals surface area contributed by atoms with Crippen LogP contribution in [-0.2, 0) is 32.1 Å². The highest BCUT2D eigenvalue weighted by atomic mass is 15.2. The Morgan fingerprint density at radius 1 is 0.296 bits per heavy atom. The summed E-state index contributed by atoms with van der Waals surface area (Å²) in [6.45, 7) is 32.2. The second kappa shape index (κ2) is 26.5. The normalized spacial score (nSPS) is 14.7. The van der Waals surface area contributed by atoms with Crippen LogP contribution in [0.3, 0.4) is 0 Å². The quantitative estimate of drug-likeness (QED) is 0.107. The Morgan fingerprint density at radius 2 is 0.630 bits per heavy atom. The van der Waals surface area contributed by atoms with Crippen LogP contribution in [0.4, 0.5) is 34.1 Å². The lowest BCUT2D eigenvalue weighted by atomic mass is 9.33. The summed E-state index contributed by atoms with van der Waals surface area (Å²) in [5, 5.41) is 2.29. The van der Waals surface area contributed by atoms with Gasteiger partial charge in [-0.25, -0.2) is 0 Å². The van der Waals surface area contributed by atoms with Crippen LogP contribution in [0.5, 0.6) is 0 Å². The van der Waals surface area contributed by atoms with Crippen molar-refractivity contribution in [3.05, 3.63) is 307 Å². The Morgan fingerprint density at radius 3 is 0.963 bits per heavy atom. The van der Waals surface area contributed by atoms with Gasteiger partial charge in [0.05, 0.1) is 44.4 Å². The maximum absolute atomic E-state index is 11.0. The molecule has 0 fully saturated rings. The molecule has 0 atom stereocenters. The van der Waals surface area contributed by atoms with E-state index < -0.39 is 18.5 Å². The summed E-state index contributed by atoms with van der Waals surface area (Å²) in [5.41, 5.74) is 21.9. The maximum atomic E-state index is 11.0. The van der Waals surface area contributed by atoms with E-state index in [-0.39, 0.29) is 70.0 Å². The van der Waals surface area contributed by atoms with Gasteiger partial charge in [0.25, 0.3) is 6.71 Å². The topological polar surface area (TPSA) is 16.3 Å². The molecule has 0 aliphatic carbocycles. The fourth-order valence-electron chi connectivity index (χ4n) is 17.4. The van der Waals surface area contributed by atoms with Gasteiger partial charge in [-0.15, -0.1) is 0 Å². The first kappa shape index (κ1) is 59.2. The molecule has 0 N–H and O–H groups in total. The maximum Gasteiger partial charge on any atom is 0.252 e. The van der Waals surface area contributed by atoms with E-state index in [1.807, 2.05) is 29.9 Å². The van der Waals surface area contributed by atoms with Gasteiger partial charge in [-0.2, -0.15) is 0 Å². The molecule has 0 spiro atoms. The minimum atomic E-state index is -2.05.